The molecular formula is C18H28N2O5. The van der Waals surface area contributed by atoms with E-state index in [1.54, 1.807) is 25.0 Å². The number of furan rings is 1. The predicted octanol–water partition coefficient (Wildman–Crippen LogP) is 1.75. The van der Waals surface area contributed by atoms with Gasteiger partial charge in [0.05, 0.1) is 17.9 Å². The molecule has 1 aliphatic rings. The van der Waals surface area contributed by atoms with E-state index in [1.165, 1.54) is 6.26 Å². The molecule has 0 spiro atoms. The highest BCUT2D eigenvalue weighted by molar-refractivity contribution is 5.95. The number of ether oxygens (including phenoxy) is 2. The number of methoxy groups -OCH3 is 1. The monoisotopic (exact) mass is 352 g/mol. The lowest BCUT2D eigenvalue weighted by molar-refractivity contribution is -0.121. The summed E-state index contributed by atoms with van der Waals surface area (Å²) in [6, 6.07) is 1.67. The minimum Gasteiger partial charge on any atom is -0.469 e. The van der Waals surface area contributed by atoms with Gasteiger partial charge in [-0.25, -0.2) is 0 Å². The molecule has 0 aliphatic carbocycles. The summed E-state index contributed by atoms with van der Waals surface area (Å²) in [7, 11) is 1.63. The van der Waals surface area contributed by atoms with Crippen molar-refractivity contribution in [2.75, 3.05) is 40.0 Å². The van der Waals surface area contributed by atoms with E-state index in [0.29, 0.717) is 37.6 Å². The maximum Gasteiger partial charge on any atom is 0.257 e. The van der Waals surface area contributed by atoms with Gasteiger partial charge < -0.3 is 24.1 Å². The van der Waals surface area contributed by atoms with E-state index in [-0.39, 0.29) is 24.3 Å². The number of rotatable bonds is 10. The summed E-state index contributed by atoms with van der Waals surface area (Å²) in [5, 5.41) is 2.84. The lowest BCUT2D eigenvalue weighted by atomic mass is 10.1. The third-order valence-corrected chi connectivity index (χ3v) is 4.28. The minimum absolute atomic E-state index is 0.0425. The molecule has 0 saturated carbocycles. The fraction of sp³-hybridized carbons (Fsp3) is 0.667. The number of nitrogens with one attached hydrogen (secondary N) is 1. The molecule has 0 aromatic carbocycles. The summed E-state index contributed by atoms with van der Waals surface area (Å²) in [5.41, 5.74) is 0.540. The van der Waals surface area contributed by atoms with Gasteiger partial charge in [0.25, 0.3) is 5.91 Å². The number of amides is 2. The van der Waals surface area contributed by atoms with Crippen LogP contribution >= 0.6 is 0 Å². The first-order valence-corrected chi connectivity index (χ1v) is 8.82. The third kappa shape index (κ3) is 6.17. The second-order valence-corrected chi connectivity index (χ2v) is 6.22. The number of hydrogen-bond donors (Lipinski definition) is 1. The van der Waals surface area contributed by atoms with Gasteiger partial charge in [-0.15, -0.1) is 0 Å². The average Bonchev–Trinajstić information content (AvgIpc) is 3.26. The fourth-order valence-electron chi connectivity index (χ4n) is 2.86. The highest BCUT2D eigenvalue weighted by Crippen LogP contribution is 2.17. The van der Waals surface area contributed by atoms with Gasteiger partial charge in [-0.05, 0) is 32.3 Å². The Morgan fingerprint density at radius 3 is 2.92 bits per heavy atom. The molecule has 1 N–H and O–H groups in total. The maximum absolute atomic E-state index is 12.8. The molecule has 2 amide bonds. The minimum atomic E-state index is -0.117. The van der Waals surface area contributed by atoms with Crippen molar-refractivity contribution in [2.24, 2.45) is 0 Å². The smallest absolute Gasteiger partial charge is 0.257 e. The lowest BCUT2D eigenvalue weighted by Crippen LogP contribution is -2.40. The summed E-state index contributed by atoms with van der Waals surface area (Å²) in [4.78, 5) is 26.5. The van der Waals surface area contributed by atoms with Gasteiger partial charge in [0.15, 0.2) is 0 Å². The Balaban J connectivity index is 1.89. The van der Waals surface area contributed by atoms with Crippen LogP contribution in [0.4, 0.5) is 0 Å². The van der Waals surface area contributed by atoms with Crippen LogP contribution in [-0.2, 0) is 14.3 Å². The van der Waals surface area contributed by atoms with E-state index >= 15 is 0 Å². The predicted molar refractivity (Wildman–Crippen MR) is 92.4 cm³/mol. The van der Waals surface area contributed by atoms with E-state index in [0.717, 1.165) is 25.9 Å². The van der Waals surface area contributed by atoms with Crippen molar-refractivity contribution in [1.29, 1.82) is 0 Å². The zero-order valence-electron chi connectivity index (χ0n) is 15.1. The standard InChI is InChI=1S/C18H28N2O5/c1-14-16(7-12-24-14)18(22)20(13-15-5-3-11-25-15)9-6-17(21)19-8-4-10-23-2/h7,12,15H,3-6,8-11,13H2,1-2H3,(H,19,21)/t15-/m1/s1. The van der Waals surface area contributed by atoms with Crippen molar-refractivity contribution in [3.05, 3.63) is 23.7 Å². The Bertz CT molecular complexity index is 551. The van der Waals surface area contributed by atoms with Crippen LogP contribution in [0.3, 0.4) is 0 Å². The Hall–Kier alpha value is -1.86. The lowest BCUT2D eigenvalue weighted by Gasteiger charge is -2.25. The van der Waals surface area contributed by atoms with Gasteiger partial charge in [-0.3, -0.25) is 9.59 Å². The SMILES string of the molecule is COCCCNC(=O)CCN(C[C@H]1CCCO1)C(=O)c1ccoc1C. The van der Waals surface area contributed by atoms with Crippen LogP contribution in [0.1, 0.15) is 41.8 Å². The van der Waals surface area contributed by atoms with Crippen molar-refractivity contribution in [1.82, 2.24) is 10.2 Å². The van der Waals surface area contributed by atoms with Crippen LogP contribution in [0.25, 0.3) is 0 Å². The Labute approximate surface area is 148 Å². The van der Waals surface area contributed by atoms with Gasteiger partial charge in [0, 0.05) is 46.4 Å². The molecule has 2 rings (SSSR count). The largest absolute Gasteiger partial charge is 0.469 e. The van der Waals surface area contributed by atoms with Crippen LogP contribution < -0.4 is 5.32 Å². The van der Waals surface area contributed by atoms with Crippen LogP contribution in [-0.4, -0.2) is 62.8 Å². The molecule has 2 heterocycles. The van der Waals surface area contributed by atoms with E-state index in [9.17, 15) is 9.59 Å². The molecule has 1 saturated heterocycles. The van der Waals surface area contributed by atoms with Crippen LogP contribution in [0, 0.1) is 6.92 Å². The molecule has 0 unspecified atom stereocenters. The Morgan fingerprint density at radius 2 is 2.28 bits per heavy atom. The highest BCUT2D eigenvalue weighted by Gasteiger charge is 2.25. The van der Waals surface area contributed by atoms with Crippen molar-refractivity contribution in [2.45, 2.75) is 38.7 Å². The van der Waals surface area contributed by atoms with Crippen molar-refractivity contribution < 1.29 is 23.5 Å². The van der Waals surface area contributed by atoms with Gasteiger partial charge >= 0.3 is 0 Å². The first kappa shape index (κ1) is 19.5. The first-order valence-electron chi connectivity index (χ1n) is 8.82. The summed E-state index contributed by atoms with van der Waals surface area (Å²) >= 11 is 0. The summed E-state index contributed by atoms with van der Waals surface area (Å²) < 4.78 is 15.8. The molecule has 7 nitrogen and oxygen atoms in total. The van der Waals surface area contributed by atoms with Gasteiger partial charge in [-0.1, -0.05) is 0 Å². The van der Waals surface area contributed by atoms with E-state index < -0.39 is 0 Å². The van der Waals surface area contributed by atoms with Gasteiger partial charge in [-0.2, -0.15) is 0 Å². The number of carbonyl (C=O) groups excluding carboxylic acids is 2. The maximum atomic E-state index is 12.8. The summed E-state index contributed by atoms with van der Waals surface area (Å²) in [6.07, 6.45) is 4.54. The summed E-state index contributed by atoms with van der Waals surface area (Å²) in [6.45, 7) is 4.55. The van der Waals surface area contributed by atoms with Gasteiger partial charge in [0.2, 0.25) is 5.91 Å². The average molecular weight is 352 g/mol. The van der Waals surface area contributed by atoms with Crippen molar-refractivity contribution in [3.8, 4) is 0 Å². The number of carbonyl (C=O) groups is 2. The third-order valence-electron chi connectivity index (χ3n) is 4.28. The van der Waals surface area contributed by atoms with Crippen molar-refractivity contribution >= 4 is 11.8 Å². The van der Waals surface area contributed by atoms with E-state index in [4.69, 9.17) is 13.9 Å². The molecular weight excluding hydrogens is 324 g/mol. The molecule has 1 aromatic heterocycles. The normalized spacial score (nSPS) is 16.8. The van der Waals surface area contributed by atoms with Gasteiger partial charge in [0.1, 0.15) is 5.76 Å². The number of aryl methyl sites for hydroxylation is 1. The molecule has 140 valence electrons. The number of hydrogen-bond acceptors (Lipinski definition) is 5. The van der Waals surface area contributed by atoms with E-state index in [2.05, 4.69) is 5.32 Å². The molecule has 1 fully saturated rings. The van der Waals surface area contributed by atoms with Crippen LogP contribution in [0.2, 0.25) is 0 Å². The summed E-state index contributed by atoms with van der Waals surface area (Å²) in [5.74, 6) is 0.408. The van der Waals surface area contributed by atoms with Crippen molar-refractivity contribution in [3.63, 3.8) is 0 Å². The topological polar surface area (TPSA) is 81.0 Å². The highest BCUT2D eigenvalue weighted by atomic mass is 16.5. The Kier molecular flexibility index (Phi) is 7.94. The van der Waals surface area contributed by atoms with Crippen LogP contribution in [0.5, 0.6) is 0 Å². The molecule has 1 atom stereocenters. The first-order chi connectivity index (χ1) is 12.1. The number of nitrogens with zero attached hydrogens (tertiary/aromatic N) is 1. The molecule has 0 radical (unpaired) electrons. The molecule has 1 aromatic rings. The zero-order valence-corrected chi connectivity index (χ0v) is 15.1. The molecule has 7 heteroatoms. The van der Waals surface area contributed by atoms with Crippen LogP contribution in [0.15, 0.2) is 16.7 Å². The van der Waals surface area contributed by atoms with E-state index in [1.807, 2.05) is 0 Å². The zero-order chi connectivity index (χ0) is 18.1. The fourth-order valence-corrected chi connectivity index (χ4v) is 2.86. The quantitative estimate of drug-likeness (QED) is 0.649. The molecule has 1 aliphatic heterocycles. The second kappa shape index (κ2) is 10.2. The second-order valence-electron chi connectivity index (χ2n) is 6.22. The molecule has 25 heavy (non-hydrogen) atoms. The molecule has 0 bridgehead atoms. The Morgan fingerprint density at radius 1 is 1.44 bits per heavy atom.